The van der Waals surface area contributed by atoms with E-state index in [4.69, 9.17) is 4.74 Å². The van der Waals surface area contributed by atoms with Crippen molar-refractivity contribution >= 4 is 0 Å². The highest BCUT2D eigenvalue weighted by atomic mass is 16.5. The SMILES string of the molecule is COCC(C)NC1(C)CCC1. The van der Waals surface area contributed by atoms with Gasteiger partial charge in [-0.3, -0.25) is 0 Å². The molecule has 0 amide bonds. The van der Waals surface area contributed by atoms with Gasteiger partial charge in [0.25, 0.3) is 0 Å². The Kier molecular flexibility index (Phi) is 2.90. The van der Waals surface area contributed by atoms with Gasteiger partial charge in [0.2, 0.25) is 0 Å². The topological polar surface area (TPSA) is 21.3 Å². The highest BCUT2D eigenvalue weighted by Gasteiger charge is 2.32. The Bertz CT molecular complexity index is 121. The molecule has 1 rings (SSSR count). The number of hydrogen-bond acceptors (Lipinski definition) is 2. The summed E-state index contributed by atoms with van der Waals surface area (Å²) in [6, 6.07) is 0.491. The lowest BCUT2D eigenvalue weighted by atomic mass is 9.78. The second-order valence-corrected chi connectivity index (χ2v) is 3.91. The third-order valence-corrected chi connectivity index (χ3v) is 2.47. The highest BCUT2D eigenvalue weighted by molar-refractivity contribution is 4.92. The zero-order valence-electron chi connectivity index (χ0n) is 7.81. The standard InChI is InChI=1S/C9H19NO/c1-8(7-11-3)10-9(2)5-4-6-9/h8,10H,4-7H2,1-3H3. The average molecular weight is 157 g/mol. The van der Waals surface area contributed by atoms with Gasteiger partial charge in [-0.05, 0) is 33.1 Å². The van der Waals surface area contributed by atoms with Gasteiger partial charge in [0, 0.05) is 18.7 Å². The quantitative estimate of drug-likeness (QED) is 0.668. The van der Waals surface area contributed by atoms with E-state index in [1.54, 1.807) is 7.11 Å². The molecule has 1 saturated carbocycles. The third-order valence-electron chi connectivity index (χ3n) is 2.47. The largest absolute Gasteiger partial charge is 0.383 e. The van der Waals surface area contributed by atoms with Crippen LogP contribution in [0.2, 0.25) is 0 Å². The molecule has 0 aliphatic heterocycles. The van der Waals surface area contributed by atoms with Gasteiger partial charge >= 0.3 is 0 Å². The Hall–Kier alpha value is -0.0800. The van der Waals surface area contributed by atoms with Gasteiger partial charge in [0.1, 0.15) is 0 Å². The number of hydrogen-bond donors (Lipinski definition) is 1. The summed E-state index contributed by atoms with van der Waals surface area (Å²) in [5.41, 5.74) is 0.415. The summed E-state index contributed by atoms with van der Waals surface area (Å²) >= 11 is 0. The van der Waals surface area contributed by atoms with Crippen molar-refractivity contribution in [2.24, 2.45) is 0 Å². The molecular formula is C9H19NO. The first-order valence-electron chi connectivity index (χ1n) is 4.43. The van der Waals surface area contributed by atoms with Gasteiger partial charge in [-0.15, -0.1) is 0 Å². The number of rotatable bonds is 4. The molecule has 0 bridgehead atoms. The van der Waals surface area contributed by atoms with Crippen LogP contribution in [0.5, 0.6) is 0 Å². The van der Waals surface area contributed by atoms with Crippen LogP contribution in [0.3, 0.4) is 0 Å². The lowest BCUT2D eigenvalue weighted by Gasteiger charge is -2.41. The van der Waals surface area contributed by atoms with E-state index in [1.165, 1.54) is 19.3 Å². The first-order valence-corrected chi connectivity index (χ1v) is 4.43. The molecule has 0 radical (unpaired) electrons. The Labute approximate surface area is 69.3 Å². The predicted molar refractivity (Wildman–Crippen MR) is 46.7 cm³/mol. The maximum atomic E-state index is 5.06. The summed E-state index contributed by atoms with van der Waals surface area (Å²) in [5, 5.41) is 3.57. The first kappa shape index (κ1) is 9.01. The molecule has 0 aromatic heterocycles. The van der Waals surface area contributed by atoms with Gasteiger partial charge in [-0.1, -0.05) is 0 Å². The Morgan fingerprint density at radius 1 is 1.55 bits per heavy atom. The Morgan fingerprint density at radius 2 is 2.18 bits per heavy atom. The minimum atomic E-state index is 0.415. The molecule has 1 atom stereocenters. The molecule has 1 N–H and O–H groups in total. The van der Waals surface area contributed by atoms with Crippen molar-refractivity contribution < 1.29 is 4.74 Å². The fourth-order valence-electron chi connectivity index (χ4n) is 1.74. The Morgan fingerprint density at radius 3 is 2.55 bits per heavy atom. The maximum Gasteiger partial charge on any atom is 0.0613 e. The van der Waals surface area contributed by atoms with Crippen LogP contribution in [0.25, 0.3) is 0 Å². The van der Waals surface area contributed by atoms with E-state index in [1.807, 2.05) is 0 Å². The summed E-state index contributed by atoms with van der Waals surface area (Å²) < 4.78 is 5.06. The molecule has 2 heteroatoms. The molecule has 0 saturated heterocycles. The van der Waals surface area contributed by atoms with Gasteiger partial charge in [0.05, 0.1) is 6.61 Å². The maximum absolute atomic E-state index is 5.06. The van der Waals surface area contributed by atoms with Gasteiger partial charge in [-0.2, -0.15) is 0 Å². The fraction of sp³-hybridized carbons (Fsp3) is 1.00. The van der Waals surface area contributed by atoms with E-state index in [0.29, 0.717) is 11.6 Å². The van der Waals surface area contributed by atoms with E-state index in [0.717, 1.165) is 6.61 Å². The Balaban J connectivity index is 2.18. The lowest BCUT2D eigenvalue weighted by molar-refractivity contribution is 0.125. The minimum absolute atomic E-state index is 0.415. The van der Waals surface area contributed by atoms with Crippen molar-refractivity contribution in [3.63, 3.8) is 0 Å². The fourth-order valence-corrected chi connectivity index (χ4v) is 1.74. The van der Waals surface area contributed by atoms with Crippen LogP contribution in [0, 0.1) is 0 Å². The monoisotopic (exact) mass is 157 g/mol. The van der Waals surface area contributed by atoms with Crippen LogP contribution < -0.4 is 5.32 Å². The van der Waals surface area contributed by atoms with Crippen molar-refractivity contribution in [1.82, 2.24) is 5.32 Å². The molecule has 1 aliphatic carbocycles. The van der Waals surface area contributed by atoms with E-state index in [-0.39, 0.29) is 0 Å². The minimum Gasteiger partial charge on any atom is -0.383 e. The number of nitrogens with one attached hydrogen (secondary N) is 1. The average Bonchev–Trinajstić information content (AvgIpc) is 1.85. The van der Waals surface area contributed by atoms with E-state index >= 15 is 0 Å². The molecule has 66 valence electrons. The van der Waals surface area contributed by atoms with Crippen LogP contribution in [0.4, 0.5) is 0 Å². The van der Waals surface area contributed by atoms with Crippen LogP contribution in [0.15, 0.2) is 0 Å². The number of ether oxygens (including phenoxy) is 1. The summed E-state index contributed by atoms with van der Waals surface area (Å²) in [7, 11) is 1.75. The molecule has 11 heavy (non-hydrogen) atoms. The summed E-state index contributed by atoms with van der Waals surface area (Å²) in [5.74, 6) is 0. The van der Waals surface area contributed by atoms with Crippen LogP contribution in [0.1, 0.15) is 33.1 Å². The molecule has 1 fully saturated rings. The zero-order chi connectivity index (χ0) is 8.32. The predicted octanol–water partition coefficient (Wildman–Crippen LogP) is 1.55. The molecular weight excluding hydrogens is 138 g/mol. The van der Waals surface area contributed by atoms with Gasteiger partial charge < -0.3 is 10.1 Å². The molecule has 0 heterocycles. The molecule has 2 nitrogen and oxygen atoms in total. The summed E-state index contributed by atoms with van der Waals surface area (Å²) in [6.07, 6.45) is 4.02. The second-order valence-electron chi connectivity index (χ2n) is 3.91. The van der Waals surface area contributed by atoms with E-state index in [9.17, 15) is 0 Å². The second kappa shape index (κ2) is 3.55. The molecule has 0 spiro atoms. The van der Waals surface area contributed by atoms with Crippen molar-refractivity contribution in [1.29, 1.82) is 0 Å². The first-order chi connectivity index (χ1) is 5.16. The zero-order valence-corrected chi connectivity index (χ0v) is 7.81. The van der Waals surface area contributed by atoms with Crippen molar-refractivity contribution in [2.75, 3.05) is 13.7 Å². The molecule has 0 aromatic carbocycles. The van der Waals surface area contributed by atoms with Crippen molar-refractivity contribution in [2.45, 2.75) is 44.7 Å². The smallest absolute Gasteiger partial charge is 0.0613 e. The summed E-state index contributed by atoms with van der Waals surface area (Å²) in [6.45, 7) is 5.28. The highest BCUT2D eigenvalue weighted by Crippen LogP contribution is 2.31. The van der Waals surface area contributed by atoms with Gasteiger partial charge in [-0.25, -0.2) is 0 Å². The number of methoxy groups -OCH3 is 1. The lowest BCUT2D eigenvalue weighted by Crippen LogP contribution is -2.53. The van der Waals surface area contributed by atoms with Crippen molar-refractivity contribution in [3.8, 4) is 0 Å². The van der Waals surface area contributed by atoms with Crippen LogP contribution >= 0.6 is 0 Å². The molecule has 1 aliphatic rings. The molecule has 0 aromatic rings. The molecule has 1 unspecified atom stereocenters. The van der Waals surface area contributed by atoms with E-state index < -0.39 is 0 Å². The summed E-state index contributed by atoms with van der Waals surface area (Å²) in [4.78, 5) is 0. The van der Waals surface area contributed by atoms with Crippen LogP contribution in [-0.4, -0.2) is 25.3 Å². The van der Waals surface area contributed by atoms with Crippen LogP contribution in [-0.2, 0) is 4.74 Å². The normalized spacial score (nSPS) is 24.3. The van der Waals surface area contributed by atoms with Gasteiger partial charge in [0.15, 0.2) is 0 Å². The van der Waals surface area contributed by atoms with E-state index in [2.05, 4.69) is 19.2 Å². The van der Waals surface area contributed by atoms with Crippen molar-refractivity contribution in [3.05, 3.63) is 0 Å². The third kappa shape index (κ3) is 2.46.